The number of nitrogens with zero attached hydrogens (tertiary/aromatic N) is 1. The monoisotopic (exact) mass is 328 g/mol. The highest BCUT2D eigenvalue weighted by Crippen LogP contribution is 2.26. The van der Waals surface area contributed by atoms with E-state index in [4.69, 9.17) is 5.73 Å². The van der Waals surface area contributed by atoms with Crippen LogP contribution in [0.1, 0.15) is 37.6 Å². The van der Waals surface area contributed by atoms with Gasteiger partial charge in [0.15, 0.2) is 0 Å². The molecule has 1 amide bonds. The number of halogens is 1. The maximum Gasteiger partial charge on any atom is 0.254 e. The van der Waals surface area contributed by atoms with Crippen molar-refractivity contribution in [2.75, 3.05) is 13.1 Å². The van der Waals surface area contributed by atoms with Crippen molar-refractivity contribution in [2.45, 2.75) is 43.4 Å². The molecule has 1 saturated heterocycles. The van der Waals surface area contributed by atoms with Gasteiger partial charge in [-0.25, -0.2) is 0 Å². The fraction of sp³-hybridized carbons (Fsp3) is 0.562. The third kappa shape index (κ3) is 4.63. The Kier molecular flexibility index (Phi) is 7.04. The van der Waals surface area contributed by atoms with Crippen molar-refractivity contribution in [1.29, 1.82) is 0 Å². The first-order valence-corrected chi connectivity index (χ1v) is 8.17. The third-order valence-corrected chi connectivity index (χ3v) is 4.74. The highest BCUT2D eigenvalue weighted by Gasteiger charge is 2.31. The van der Waals surface area contributed by atoms with Gasteiger partial charge in [0.2, 0.25) is 0 Å². The molecule has 0 aliphatic carbocycles. The van der Waals surface area contributed by atoms with Crippen molar-refractivity contribution in [1.82, 2.24) is 4.90 Å². The zero-order chi connectivity index (χ0) is 14.7. The summed E-state index contributed by atoms with van der Waals surface area (Å²) in [5.41, 5.74) is 6.50. The van der Waals surface area contributed by atoms with E-state index >= 15 is 0 Å². The lowest BCUT2D eigenvalue weighted by Gasteiger charge is -2.21. The Morgan fingerprint density at radius 3 is 2.48 bits per heavy atom. The summed E-state index contributed by atoms with van der Waals surface area (Å²) in [5.74, 6) is 0.583. The largest absolute Gasteiger partial charge is 0.336 e. The van der Waals surface area contributed by atoms with E-state index in [0.29, 0.717) is 23.8 Å². The molecule has 21 heavy (non-hydrogen) atoms. The SMILES string of the molecule is CC(C)Sc1ccc(C(=O)N2CC(CN)CC2C)cc1.Cl. The summed E-state index contributed by atoms with van der Waals surface area (Å²) < 4.78 is 0. The summed E-state index contributed by atoms with van der Waals surface area (Å²) in [6, 6.07) is 8.25. The lowest BCUT2D eigenvalue weighted by molar-refractivity contribution is 0.0743. The summed E-state index contributed by atoms with van der Waals surface area (Å²) >= 11 is 1.81. The molecule has 1 aliphatic rings. The topological polar surface area (TPSA) is 46.3 Å². The second-order valence-electron chi connectivity index (χ2n) is 5.83. The molecule has 1 heterocycles. The normalized spacial score (nSPS) is 21.5. The predicted octanol–water partition coefficient (Wildman–Crippen LogP) is 3.42. The van der Waals surface area contributed by atoms with Gasteiger partial charge in [-0.3, -0.25) is 4.79 Å². The van der Waals surface area contributed by atoms with Crippen molar-refractivity contribution in [3.8, 4) is 0 Å². The fourth-order valence-electron chi connectivity index (χ4n) is 2.71. The number of nitrogens with two attached hydrogens (primary N) is 1. The Morgan fingerprint density at radius 2 is 2.00 bits per heavy atom. The molecule has 0 aromatic heterocycles. The van der Waals surface area contributed by atoms with Gasteiger partial charge in [-0.15, -0.1) is 24.2 Å². The summed E-state index contributed by atoms with van der Waals surface area (Å²) in [7, 11) is 0. The number of hydrogen-bond acceptors (Lipinski definition) is 3. The van der Waals surface area contributed by atoms with Gasteiger partial charge in [-0.05, 0) is 50.1 Å². The van der Waals surface area contributed by atoms with Gasteiger partial charge in [0.05, 0.1) is 0 Å². The van der Waals surface area contributed by atoms with Crippen molar-refractivity contribution in [3.63, 3.8) is 0 Å². The van der Waals surface area contributed by atoms with Gasteiger partial charge in [-0.2, -0.15) is 0 Å². The minimum absolute atomic E-state index is 0. The molecule has 2 rings (SSSR count). The van der Waals surface area contributed by atoms with Gasteiger partial charge < -0.3 is 10.6 Å². The molecule has 0 saturated carbocycles. The molecule has 5 heteroatoms. The number of carbonyl (C=O) groups is 1. The minimum atomic E-state index is 0. The van der Waals surface area contributed by atoms with Gasteiger partial charge in [0, 0.05) is 28.3 Å². The quantitative estimate of drug-likeness (QED) is 0.861. The summed E-state index contributed by atoms with van der Waals surface area (Å²) in [4.78, 5) is 15.7. The lowest BCUT2D eigenvalue weighted by atomic mass is 10.1. The van der Waals surface area contributed by atoms with E-state index in [2.05, 4.69) is 20.8 Å². The van der Waals surface area contributed by atoms with E-state index in [9.17, 15) is 4.79 Å². The molecule has 1 aliphatic heterocycles. The summed E-state index contributed by atoms with van der Waals surface area (Å²) in [6.07, 6.45) is 1.02. The Labute approximate surface area is 138 Å². The van der Waals surface area contributed by atoms with Crippen LogP contribution in [-0.4, -0.2) is 35.2 Å². The van der Waals surface area contributed by atoms with Crippen LogP contribution in [-0.2, 0) is 0 Å². The van der Waals surface area contributed by atoms with Gasteiger partial charge in [0.1, 0.15) is 0 Å². The van der Waals surface area contributed by atoms with Crippen LogP contribution in [0, 0.1) is 5.92 Å². The maximum absolute atomic E-state index is 12.5. The molecule has 2 N–H and O–H groups in total. The van der Waals surface area contributed by atoms with E-state index in [0.717, 1.165) is 18.5 Å². The van der Waals surface area contributed by atoms with E-state index < -0.39 is 0 Å². The van der Waals surface area contributed by atoms with Crippen molar-refractivity contribution in [2.24, 2.45) is 11.7 Å². The molecular weight excluding hydrogens is 304 g/mol. The van der Waals surface area contributed by atoms with E-state index in [1.54, 1.807) is 0 Å². The van der Waals surface area contributed by atoms with Crippen LogP contribution in [0.4, 0.5) is 0 Å². The van der Waals surface area contributed by atoms with Crippen molar-refractivity contribution in [3.05, 3.63) is 29.8 Å². The zero-order valence-electron chi connectivity index (χ0n) is 12.9. The lowest BCUT2D eigenvalue weighted by Crippen LogP contribution is -2.34. The van der Waals surface area contributed by atoms with Gasteiger partial charge in [-0.1, -0.05) is 13.8 Å². The standard InChI is InChI=1S/C16H24N2OS.ClH/c1-11(2)20-15-6-4-14(5-7-15)16(19)18-10-13(9-17)8-12(18)3;/h4-7,11-13H,8-10,17H2,1-3H3;1H. The van der Waals surface area contributed by atoms with Gasteiger partial charge >= 0.3 is 0 Å². The van der Waals surface area contributed by atoms with Crippen molar-refractivity contribution < 1.29 is 4.79 Å². The number of benzene rings is 1. The molecule has 1 aromatic rings. The van der Waals surface area contributed by atoms with Gasteiger partial charge in [0.25, 0.3) is 5.91 Å². The Bertz CT molecular complexity index is 464. The Balaban J connectivity index is 0.00000220. The highest BCUT2D eigenvalue weighted by atomic mass is 35.5. The number of thioether (sulfide) groups is 1. The number of likely N-dealkylation sites (tertiary alicyclic amines) is 1. The van der Waals surface area contributed by atoms with Crippen LogP contribution >= 0.6 is 24.2 Å². The van der Waals surface area contributed by atoms with E-state index in [1.807, 2.05) is 40.9 Å². The first kappa shape index (κ1) is 18.3. The van der Waals surface area contributed by atoms with Crippen LogP contribution in [0.2, 0.25) is 0 Å². The smallest absolute Gasteiger partial charge is 0.254 e. The van der Waals surface area contributed by atoms with E-state index in [-0.39, 0.29) is 18.3 Å². The van der Waals surface area contributed by atoms with Crippen LogP contribution in [0.15, 0.2) is 29.2 Å². The number of amides is 1. The third-order valence-electron chi connectivity index (χ3n) is 3.73. The molecule has 118 valence electrons. The van der Waals surface area contributed by atoms with Crippen LogP contribution in [0.3, 0.4) is 0 Å². The average molecular weight is 329 g/mol. The number of carbonyl (C=O) groups excluding carboxylic acids is 1. The molecule has 0 spiro atoms. The van der Waals surface area contributed by atoms with Crippen LogP contribution < -0.4 is 5.73 Å². The van der Waals surface area contributed by atoms with Crippen molar-refractivity contribution >= 4 is 30.1 Å². The zero-order valence-corrected chi connectivity index (χ0v) is 14.5. The summed E-state index contributed by atoms with van der Waals surface area (Å²) in [6.45, 7) is 7.90. The second-order valence-corrected chi connectivity index (χ2v) is 7.48. The van der Waals surface area contributed by atoms with Crippen LogP contribution in [0.25, 0.3) is 0 Å². The Hall–Kier alpha value is -0.710. The molecule has 2 unspecified atom stereocenters. The second kappa shape index (κ2) is 8.06. The first-order chi connectivity index (χ1) is 9.51. The van der Waals surface area contributed by atoms with E-state index in [1.165, 1.54) is 4.90 Å². The molecule has 3 nitrogen and oxygen atoms in total. The predicted molar refractivity (Wildman–Crippen MR) is 92.3 cm³/mol. The minimum Gasteiger partial charge on any atom is -0.336 e. The first-order valence-electron chi connectivity index (χ1n) is 7.29. The Morgan fingerprint density at radius 1 is 1.38 bits per heavy atom. The number of hydrogen-bond donors (Lipinski definition) is 1. The van der Waals surface area contributed by atoms with Crippen LogP contribution in [0.5, 0.6) is 0 Å². The fourth-order valence-corrected chi connectivity index (χ4v) is 3.55. The molecule has 1 aromatic carbocycles. The molecule has 0 radical (unpaired) electrons. The summed E-state index contributed by atoms with van der Waals surface area (Å²) in [5, 5.41) is 0.556. The molecular formula is C16H25ClN2OS. The number of rotatable bonds is 4. The average Bonchev–Trinajstić information content (AvgIpc) is 2.79. The molecule has 1 fully saturated rings. The molecule has 0 bridgehead atoms. The maximum atomic E-state index is 12.5. The highest BCUT2D eigenvalue weighted by molar-refractivity contribution is 7.99. The molecule has 2 atom stereocenters.